The molecule has 1 N–H and O–H groups in total. The van der Waals surface area contributed by atoms with Crippen molar-refractivity contribution in [2.24, 2.45) is 7.05 Å². The number of aryl methyl sites for hydroxylation is 1. The van der Waals surface area contributed by atoms with E-state index in [-0.39, 0.29) is 0 Å². The van der Waals surface area contributed by atoms with Crippen molar-refractivity contribution in [2.45, 2.75) is 13.1 Å². The minimum Gasteiger partial charge on any atom is -0.508 e. The second-order valence-corrected chi connectivity index (χ2v) is 4.30. The van der Waals surface area contributed by atoms with E-state index < -0.39 is 0 Å². The maximum Gasteiger partial charge on any atom is 0.122 e. The van der Waals surface area contributed by atoms with Crippen molar-refractivity contribution in [2.75, 3.05) is 7.05 Å². The summed E-state index contributed by atoms with van der Waals surface area (Å²) in [6.45, 7) is 1.58. The Hall–Kier alpha value is -1.81. The third kappa shape index (κ3) is 3.07. The van der Waals surface area contributed by atoms with Crippen molar-refractivity contribution < 1.29 is 5.11 Å². The average Bonchev–Trinajstić information content (AvgIpc) is 2.64. The number of imidazole rings is 1. The van der Waals surface area contributed by atoms with Crippen LogP contribution in [0.1, 0.15) is 11.4 Å². The zero-order valence-corrected chi connectivity index (χ0v) is 10.2. The molecule has 90 valence electrons. The Balaban J connectivity index is 1.98. The zero-order chi connectivity index (χ0) is 12.3. The van der Waals surface area contributed by atoms with E-state index >= 15 is 0 Å². The van der Waals surface area contributed by atoms with Crippen LogP contribution in [-0.2, 0) is 20.1 Å². The van der Waals surface area contributed by atoms with Gasteiger partial charge in [0.25, 0.3) is 0 Å². The van der Waals surface area contributed by atoms with Crippen LogP contribution in [0.3, 0.4) is 0 Å². The maximum absolute atomic E-state index is 9.39. The largest absolute Gasteiger partial charge is 0.508 e. The molecule has 4 heteroatoms. The molecular formula is C13H17N3O. The predicted octanol–water partition coefficient (Wildman–Crippen LogP) is 1.76. The summed E-state index contributed by atoms with van der Waals surface area (Å²) in [6, 6.07) is 7.34. The smallest absolute Gasteiger partial charge is 0.122 e. The summed E-state index contributed by atoms with van der Waals surface area (Å²) in [6.07, 6.45) is 3.75. The fourth-order valence-electron chi connectivity index (χ4n) is 1.81. The molecule has 1 aromatic heterocycles. The number of nitrogens with zero attached hydrogens (tertiary/aromatic N) is 3. The van der Waals surface area contributed by atoms with Gasteiger partial charge in [0.1, 0.15) is 11.6 Å². The van der Waals surface area contributed by atoms with Crippen LogP contribution in [0, 0.1) is 0 Å². The minimum absolute atomic E-state index is 0.313. The first kappa shape index (κ1) is 11.7. The molecule has 4 nitrogen and oxygen atoms in total. The number of hydrogen-bond donors (Lipinski definition) is 1. The van der Waals surface area contributed by atoms with Gasteiger partial charge in [-0.15, -0.1) is 0 Å². The number of rotatable bonds is 4. The van der Waals surface area contributed by atoms with E-state index in [0.717, 1.165) is 24.5 Å². The van der Waals surface area contributed by atoms with Gasteiger partial charge >= 0.3 is 0 Å². The fraction of sp³-hybridized carbons (Fsp3) is 0.308. The molecule has 0 unspecified atom stereocenters. The topological polar surface area (TPSA) is 41.3 Å². The van der Waals surface area contributed by atoms with Crippen molar-refractivity contribution in [1.82, 2.24) is 14.5 Å². The van der Waals surface area contributed by atoms with E-state index in [1.807, 2.05) is 37.0 Å². The van der Waals surface area contributed by atoms with Gasteiger partial charge in [0.05, 0.1) is 6.54 Å². The molecule has 2 aromatic rings. The van der Waals surface area contributed by atoms with Crippen LogP contribution in [0.2, 0.25) is 0 Å². The van der Waals surface area contributed by atoms with Crippen LogP contribution in [0.4, 0.5) is 0 Å². The fourth-order valence-corrected chi connectivity index (χ4v) is 1.81. The molecule has 0 atom stereocenters. The molecule has 0 radical (unpaired) electrons. The molecule has 2 rings (SSSR count). The maximum atomic E-state index is 9.39. The first-order valence-electron chi connectivity index (χ1n) is 5.58. The Bertz CT molecular complexity index is 493. The van der Waals surface area contributed by atoms with Crippen molar-refractivity contribution >= 4 is 0 Å². The van der Waals surface area contributed by atoms with Crippen LogP contribution >= 0.6 is 0 Å². The number of phenolic OH excluding ortho intramolecular Hbond substituents is 1. The van der Waals surface area contributed by atoms with Crippen LogP contribution in [0.25, 0.3) is 0 Å². The highest BCUT2D eigenvalue weighted by molar-refractivity contribution is 5.26. The summed E-state index contributed by atoms with van der Waals surface area (Å²) in [4.78, 5) is 6.45. The molecule has 17 heavy (non-hydrogen) atoms. The van der Waals surface area contributed by atoms with E-state index in [1.165, 1.54) is 0 Å². The normalized spacial score (nSPS) is 11.0. The van der Waals surface area contributed by atoms with E-state index in [4.69, 9.17) is 0 Å². The van der Waals surface area contributed by atoms with Gasteiger partial charge in [-0.2, -0.15) is 0 Å². The summed E-state index contributed by atoms with van der Waals surface area (Å²) < 4.78 is 2.01. The summed E-state index contributed by atoms with van der Waals surface area (Å²) in [7, 11) is 4.03. The second kappa shape index (κ2) is 5.01. The monoisotopic (exact) mass is 231 g/mol. The molecule has 0 spiro atoms. The highest BCUT2D eigenvalue weighted by atomic mass is 16.3. The van der Waals surface area contributed by atoms with Gasteiger partial charge in [-0.05, 0) is 24.7 Å². The van der Waals surface area contributed by atoms with Gasteiger partial charge in [-0.1, -0.05) is 12.1 Å². The predicted molar refractivity (Wildman–Crippen MR) is 66.5 cm³/mol. The number of phenols is 1. The van der Waals surface area contributed by atoms with E-state index in [0.29, 0.717) is 5.75 Å². The van der Waals surface area contributed by atoms with Crippen molar-refractivity contribution in [3.63, 3.8) is 0 Å². The molecule has 1 aromatic carbocycles. The van der Waals surface area contributed by atoms with Gasteiger partial charge in [-0.3, -0.25) is 4.90 Å². The number of hydrogen-bond acceptors (Lipinski definition) is 3. The number of benzene rings is 1. The quantitative estimate of drug-likeness (QED) is 0.871. The molecular weight excluding hydrogens is 214 g/mol. The third-order valence-electron chi connectivity index (χ3n) is 2.70. The Morgan fingerprint density at radius 3 is 2.82 bits per heavy atom. The SMILES string of the molecule is CN(Cc1cccc(O)c1)Cc1nccn1C. The summed E-state index contributed by atoms with van der Waals surface area (Å²) in [5.74, 6) is 1.35. The molecule has 0 aliphatic carbocycles. The summed E-state index contributed by atoms with van der Waals surface area (Å²) in [5.41, 5.74) is 1.10. The molecule has 0 bridgehead atoms. The molecule has 0 fully saturated rings. The molecule has 0 aliphatic rings. The standard InChI is InChI=1S/C13H17N3O/c1-15(10-13-14-6-7-16(13)2)9-11-4-3-5-12(17)8-11/h3-8,17H,9-10H2,1-2H3. The van der Waals surface area contributed by atoms with Gasteiger partial charge < -0.3 is 9.67 Å². The van der Waals surface area contributed by atoms with E-state index in [1.54, 1.807) is 18.3 Å². The molecule has 0 saturated heterocycles. The van der Waals surface area contributed by atoms with Crippen LogP contribution < -0.4 is 0 Å². The Kier molecular flexibility index (Phi) is 3.44. The Labute approximate surface area is 101 Å². The van der Waals surface area contributed by atoms with Crippen molar-refractivity contribution in [1.29, 1.82) is 0 Å². The average molecular weight is 231 g/mol. The second-order valence-electron chi connectivity index (χ2n) is 4.30. The number of aromatic hydroxyl groups is 1. The summed E-state index contributed by atoms with van der Waals surface area (Å²) >= 11 is 0. The van der Waals surface area contributed by atoms with E-state index in [9.17, 15) is 5.11 Å². The Morgan fingerprint density at radius 2 is 2.18 bits per heavy atom. The first-order valence-corrected chi connectivity index (χ1v) is 5.58. The Morgan fingerprint density at radius 1 is 1.35 bits per heavy atom. The highest BCUT2D eigenvalue weighted by Gasteiger charge is 2.05. The molecule has 1 heterocycles. The molecule has 0 saturated carbocycles. The lowest BCUT2D eigenvalue weighted by Crippen LogP contribution is -2.19. The third-order valence-corrected chi connectivity index (χ3v) is 2.70. The minimum atomic E-state index is 0.313. The van der Waals surface area contributed by atoms with Gasteiger partial charge in [0, 0.05) is 26.0 Å². The number of aromatic nitrogens is 2. The lowest BCUT2D eigenvalue weighted by molar-refractivity contribution is 0.306. The van der Waals surface area contributed by atoms with Crippen LogP contribution in [0.5, 0.6) is 5.75 Å². The molecule has 0 aliphatic heterocycles. The van der Waals surface area contributed by atoms with Crippen LogP contribution in [0.15, 0.2) is 36.7 Å². The van der Waals surface area contributed by atoms with Crippen molar-refractivity contribution in [3.8, 4) is 5.75 Å². The molecule has 0 amide bonds. The van der Waals surface area contributed by atoms with Gasteiger partial charge in [-0.25, -0.2) is 4.98 Å². The van der Waals surface area contributed by atoms with Crippen LogP contribution in [-0.4, -0.2) is 26.6 Å². The van der Waals surface area contributed by atoms with Crippen molar-refractivity contribution in [3.05, 3.63) is 48.0 Å². The lowest BCUT2D eigenvalue weighted by atomic mass is 10.2. The van der Waals surface area contributed by atoms with Gasteiger partial charge in [0.15, 0.2) is 0 Å². The van der Waals surface area contributed by atoms with E-state index in [2.05, 4.69) is 9.88 Å². The highest BCUT2D eigenvalue weighted by Crippen LogP contribution is 2.13. The first-order chi connectivity index (χ1) is 8.15. The summed E-state index contributed by atoms with van der Waals surface area (Å²) in [5, 5.41) is 9.39. The van der Waals surface area contributed by atoms with Gasteiger partial charge in [0.2, 0.25) is 0 Å². The zero-order valence-electron chi connectivity index (χ0n) is 10.2. The lowest BCUT2D eigenvalue weighted by Gasteiger charge is -2.16.